The quantitative estimate of drug-likeness (QED) is 0.587. The van der Waals surface area contributed by atoms with E-state index in [9.17, 15) is 4.79 Å². The summed E-state index contributed by atoms with van der Waals surface area (Å²) in [5.41, 5.74) is 0.529. The van der Waals surface area contributed by atoms with Crippen LogP contribution < -0.4 is 0 Å². The molecule has 0 N–H and O–H groups in total. The summed E-state index contributed by atoms with van der Waals surface area (Å²) in [6.45, 7) is 9.29. The average Bonchev–Trinajstić information content (AvgIpc) is 2.64. The highest BCUT2D eigenvalue weighted by Gasteiger charge is 2.18. The number of ether oxygens (including phenoxy) is 1. The predicted molar refractivity (Wildman–Crippen MR) is 69.2 cm³/mol. The normalized spacial score (nSPS) is 11.2. The van der Waals surface area contributed by atoms with Crippen LogP contribution in [0.4, 0.5) is 4.79 Å². The Morgan fingerprint density at radius 1 is 1.53 bits per heavy atom. The number of nitrogens with zero attached hydrogens (tertiary/aromatic N) is 1. The van der Waals surface area contributed by atoms with Crippen LogP contribution in [-0.2, 0) is 11.2 Å². The van der Waals surface area contributed by atoms with Crippen molar-refractivity contribution in [3.63, 3.8) is 0 Å². The molecule has 0 aliphatic heterocycles. The molecule has 0 aromatic carbocycles. The SMILES string of the molecule is C=CCCCc1cccn1C(=O)OC(C)(C)C. The van der Waals surface area contributed by atoms with Crippen molar-refractivity contribution in [2.75, 3.05) is 0 Å². The van der Waals surface area contributed by atoms with E-state index < -0.39 is 5.60 Å². The molecule has 3 heteroatoms. The van der Waals surface area contributed by atoms with Gasteiger partial charge < -0.3 is 4.74 Å². The Hall–Kier alpha value is -1.51. The van der Waals surface area contributed by atoms with Crippen molar-refractivity contribution in [3.05, 3.63) is 36.7 Å². The van der Waals surface area contributed by atoms with Crippen molar-refractivity contribution in [1.82, 2.24) is 4.57 Å². The number of unbranched alkanes of at least 4 members (excludes halogenated alkanes) is 1. The molecule has 0 unspecified atom stereocenters. The number of aryl methyl sites for hydroxylation is 1. The topological polar surface area (TPSA) is 31.2 Å². The summed E-state index contributed by atoms with van der Waals surface area (Å²) >= 11 is 0. The Bertz CT molecular complexity index is 385. The molecule has 0 atom stereocenters. The molecule has 0 spiro atoms. The minimum atomic E-state index is -0.459. The highest BCUT2D eigenvalue weighted by atomic mass is 16.6. The lowest BCUT2D eigenvalue weighted by atomic mass is 10.2. The van der Waals surface area contributed by atoms with Crippen LogP contribution in [0.5, 0.6) is 0 Å². The fourth-order valence-corrected chi connectivity index (χ4v) is 1.54. The van der Waals surface area contributed by atoms with Gasteiger partial charge in [0.05, 0.1) is 0 Å². The Morgan fingerprint density at radius 2 is 2.24 bits per heavy atom. The van der Waals surface area contributed by atoms with Gasteiger partial charge in [0, 0.05) is 11.9 Å². The second-order valence-electron chi connectivity index (χ2n) is 5.03. The van der Waals surface area contributed by atoms with Gasteiger partial charge in [-0.1, -0.05) is 6.08 Å². The molecule has 0 aliphatic rings. The lowest BCUT2D eigenvalue weighted by Crippen LogP contribution is -2.27. The van der Waals surface area contributed by atoms with E-state index in [0.717, 1.165) is 25.0 Å². The van der Waals surface area contributed by atoms with Gasteiger partial charge in [0.25, 0.3) is 0 Å². The average molecular weight is 235 g/mol. The first-order chi connectivity index (χ1) is 7.94. The number of carbonyl (C=O) groups excluding carboxylic acids is 1. The van der Waals surface area contributed by atoms with Gasteiger partial charge in [-0.05, 0) is 52.2 Å². The Labute approximate surface area is 103 Å². The van der Waals surface area contributed by atoms with E-state index in [1.54, 1.807) is 10.8 Å². The Balaban J connectivity index is 2.67. The number of hydrogen-bond donors (Lipinski definition) is 0. The van der Waals surface area contributed by atoms with Crippen molar-refractivity contribution < 1.29 is 9.53 Å². The molecule has 0 amide bonds. The van der Waals surface area contributed by atoms with Gasteiger partial charge in [0.2, 0.25) is 0 Å². The number of aromatic nitrogens is 1. The summed E-state index contributed by atoms with van der Waals surface area (Å²) in [6, 6.07) is 3.82. The van der Waals surface area contributed by atoms with E-state index in [4.69, 9.17) is 4.74 Å². The van der Waals surface area contributed by atoms with E-state index in [2.05, 4.69) is 6.58 Å². The molecule has 1 aromatic rings. The zero-order chi connectivity index (χ0) is 12.9. The highest BCUT2D eigenvalue weighted by Crippen LogP contribution is 2.13. The van der Waals surface area contributed by atoms with Crippen LogP contribution in [0.25, 0.3) is 0 Å². The molecule has 0 saturated heterocycles. The number of rotatable bonds is 4. The van der Waals surface area contributed by atoms with Gasteiger partial charge in [0.1, 0.15) is 5.60 Å². The van der Waals surface area contributed by atoms with Crippen molar-refractivity contribution >= 4 is 6.09 Å². The molecule has 3 nitrogen and oxygen atoms in total. The van der Waals surface area contributed by atoms with Crippen molar-refractivity contribution in [3.8, 4) is 0 Å². The molecule has 1 heterocycles. The van der Waals surface area contributed by atoms with Gasteiger partial charge in [0.15, 0.2) is 0 Å². The third-order valence-electron chi connectivity index (χ3n) is 2.26. The van der Waals surface area contributed by atoms with Gasteiger partial charge >= 0.3 is 6.09 Å². The summed E-state index contributed by atoms with van der Waals surface area (Å²) in [5, 5.41) is 0. The fraction of sp³-hybridized carbons (Fsp3) is 0.500. The number of allylic oxidation sites excluding steroid dienone is 1. The second kappa shape index (κ2) is 5.71. The number of hydrogen-bond acceptors (Lipinski definition) is 2. The smallest absolute Gasteiger partial charge is 0.418 e. The maximum atomic E-state index is 11.9. The minimum absolute atomic E-state index is 0.309. The second-order valence-corrected chi connectivity index (χ2v) is 5.03. The summed E-state index contributed by atoms with van der Waals surface area (Å²) in [4.78, 5) is 11.9. The Kier molecular flexibility index (Phi) is 4.55. The van der Waals surface area contributed by atoms with Crippen LogP contribution in [0.15, 0.2) is 31.0 Å². The van der Waals surface area contributed by atoms with E-state index >= 15 is 0 Å². The first kappa shape index (κ1) is 13.6. The monoisotopic (exact) mass is 235 g/mol. The van der Waals surface area contributed by atoms with Gasteiger partial charge in [-0.3, -0.25) is 4.57 Å². The molecule has 0 fully saturated rings. The first-order valence-corrected chi connectivity index (χ1v) is 5.94. The third-order valence-corrected chi connectivity index (χ3v) is 2.26. The minimum Gasteiger partial charge on any atom is -0.443 e. The van der Waals surface area contributed by atoms with Crippen LogP contribution >= 0.6 is 0 Å². The van der Waals surface area contributed by atoms with Crippen LogP contribution in [0.1, 0.15) is 39.3 Å². The standard InChI is InChI=1S/C14H21NO2/c1-5-6-7-9-12-10-8-11-15(12)13(16)17-14(2,3)4/h5,8,10-11H,1,6-7,9H2,2-4H3. The van der Waals surface area contributed by atoms with Crippen LogP contribution in [0.2, 0.25) is 0 Å². The Morgan fingerprint density at radius 3 is 2.82 bits per heavy atom. The van der Waals surface area contributed by atoms with Crippen LogP contribution in [0.3, 0.4) is 0 Å². The van der Waals surface area contributed by atoms with E-state index in [-0.39, 0.29) is 6.09 Å². The number of carbonyl (C=O) groups is 1. The molecule has 0 bridgehead atoms. The summed E-state index contributed by atoms with van der Waals surface area (Å²) < 4.78 is 6.91. The van der Waals surface area contributed by atoms with Crippen molar-refractivity contribution in [2.24, 2.45) is 0 Å². The molecule has 0 radical (unpaired) electrons. The van der Waals surface area contributed by atoms with Crippen molar-refractivity contribution in [2.45, 2.75) is 45.6 Å². The molecule has 17 heavy (non-hydrogen) atoms. The summed E-state index contributed by atoms with van der Waals surface area (Å²) in [7, 11) is 0. The van der Waals surface area contributed by atoms with Crippen molar-refractivity contribution in [1.29, 1.82) is 0 Å². The van der Waals surface area contributed by atoms with E-state index in [0.29, 0.717) is 0 Å². The fourth-order valence-electron chi connectivity index (χ4n) is 1.54. The summed E-state index contributed by atoms with van der Waals surface area (Å²) in [6.07, 6.45) is 6.14. The predicted octanol–water partition coefficient (Wildman–Crippen LogP) is 3.78. The molecule has 0 aliphatic carbocycles. The van der Waals surface area contributed by atoms with E-state index in [1.165, 1.54) is 0 Å². The zero-order valence-electron chi connectivity index (χ0n) is 10.9. The maximum Gasteiger partial charge on any atom is 0.418 e. The molecule has 1 aromatic heterocycles. The maximum absolute atomic E-state index is 11.9. The molecule has 1 rings (SSSR count). The largest absolute Gasteiger partial charge is 0.443 e. The molecule has 0 saturated carbocycles. The van der Waals surface area contributed by atoms with Gasteiger partial charge in [-0.15, -0.1) is 6.58 Å². The van der Waals surface area contributed by atoms with Crippen LogP contribution in [0, 0.1) is 0 Å². The molecule has 94 valence electrons. The molecular formula is C14H21NO2. The highest BCUT2D eigenvalue weighted by molar-refractivity contribution is 5.72. The van der Waals surface area contributed by atoms with E-state index in [1.807, 2.05) is 39.0 Å². The first-order valence-electron chi connectivity index (χ1n) is 5.94. The third kappa shape index (κ3) is 4.47. The molecular weight excluding hydrogens is 214 g/mol. The summed E-state index contributed by atoms with van der Waals surface area (Å²) in [5.74, 6) is 0. The zero-order valence-corrected chi connectivity index (χ0v) is 10.9. The lowest BCUT2D eigenvalue weighted by Gasteiger charge is -2.20. The van der Waals surface area contributed by atoms with Gasteiger partial charge in [-0.2, -0.15) is 0 Å². The van der Waals surface area contributed by atoms with Gasteiger partial charge in [-0.25, -0.2) is 4.79 Å². The lowest BCUT2D eigenvalue weighted by molar-refractivity contribution is 0.0533. The van der Waals surface area contributed by atoms with Crippen LogP contribution in [-0.4, -0.2) is 16.3 Å².